The molecule has 3 heteroatoms. The zero-order valence-electron chi connectivity index (χ0n) is 9.39. The summed E-state index contributed by atoms with van der Waals surface area (Å²) in [4.78, 5) is 4.67. The molecule has 84 valence electrons. The highest BCUT2D eigenvalue weighted by Gasteiger charge is 2.23. The van der Waals surface area contributed by atoms with E-state index in [4.69, 9.17) is 5.73 Å². The number of rotatable bonds is 4. The minimum Gasteiger partial charge on any atom is -0.330 e. The lowest BCUT2D eigenvalue weighted by atomic mass is 10.3. The lowest BCUT2D eigenvalue weighted by Gasteiger charge is -2.07. The zero-order valence-corrected chi connectivity index (χ0v) is 9.39. The fraction of sp³-hybridized carbons (Fsp3) is 0.462. The van der Waals surface area contributed by atoms with E-state index in [0.717, 1.165) is 30.2 Å². The van der Waals surface area contributed by atoms with E-state index in [2.05, 4.69) is 27.8 Å². The Morgan fingerprint density at radius 3 is 2.88 bits per heavy atom. The van der Waals surface area contributed by atoms with Gasteiger partial charge in [0.2, 0.25) is 0 Å². The van der Waals surface area contributed by atoms with E-state index in [1.165, 1.54) is 18.4 Å². The van der Waals surface area contributed by atoms with Crippen molar-refractivity contribution in [2.75, 3.05) is 6.54 Å². The van der Waals surface area contributed by atoms with E-state index in [-0.39, 0.29) is 0 Å². The SMILES string of the molecule is NCCc1nc2ccccc2n1CC1CC1. The summed E-state index contributed by atoms with van der Waals surface area (Å²) >= 11 is 0. The van der Waals surface area contributed by atoms with Gasteiger partial charge in [-0.1, -0.05) is 12.1 Å². The molecular weight excluding hydrogens is 198 g/mol. The molecule has 1 aromatic carbocycles. The molecule has 0 radical (unpaired) electrons. The van der Waals surface area contributed by atoms with Crippen molar-refractivity contribution in [2.24, 2.45) is 11.7 Å². The van der Waals surface area contributed by atoms with Gasteiger partial charge in [-0.15, -0.1) is 0 Å². The van der Waals surface area contributed by atoms with Crippen LogP contribution < -0.4 is 5.73 Å². The molecule has 0 unspecified atom stereocenters. The Labute approximate surface area is 95.3 Å². The van der Waals surface area contributed by atoms with Crippen LogP contribution >= 0.6 is 0 Å². The molecule has 1 aliphatic carbocycles. The number of hydrogen-bond acceptors (Lipinski definition) is 2. The van der Waals surface area contributed by atoms with Crippen molar-refractivity contribution in [3.63, 3.8) is 0 Å². The van der Waals surface area contributed by atoms with Crippen LogP contribution in [0.5, 0.6) is 0 Å². The minimum atomic E-state index is 0.675. The molecule has 2 N–H and O–H groups in total. The fourth-order valence-electron chi connectivity index (χ4n) is 2.21. The summed E-state index contributed by atoms with van der Waals surface area (Å²) in [7, 11) is 0. The summed E-state index contributed by atoms with van der Waals surface area (Å²) in [5.41, 5.74) is 8.01. The van der Waals surface area contributed by atoms with Gasteiger partial charge in [0.1, 0.15) is 5.82 Å². The Hall–Kier alpha value is -1.35. The van der Waals surface area contributed by atoms with Crippen molar-refractivity contribution in [1.29, 1.82) is 0 Å². The molecule has 0 bridgehead atoms. The van der Waals surface area contributed by atoms with Gasteiger partial charge in [0, 0.05) is 13.0 Å². The Balaban J connectivity index is 2.06. The maximum atomic E-state index is 5.64. The van der Waals surface area contributed by atoms with Gasteiger partial charge in [-0.25, -0.2) is 4.98 Å². The first-order valence-corrected chi connectivity index (χ1v) is 6.02. The number of imidazole rings is 1. The smallest absolute Gasteiger partial charge is 0.111 e. The highest BCUT2D eigenvalue weighted by molar-refractivity contribution is 5.75. The van der Waals surface area contributed by atoms with Gasteiger partial charge in [0.25, 0.3) is 0 Å². The molecular formula is C13H17N3. The molecule has 3 nitrogen and oxygen atoms in total. The number of benzene rings is 1. The number of aromatic nitrogens is 2. The first-order valence-electron chi connectivity index (χ1n) is 6.02. The largest absolute Gasteiger partial charge is 0.330 e. The van der Waals surface area contributed by atoms with Crippen molar-refractivity contribution in [1.82, 2.24) is 9.55 Å². The Morgan fingerprint density at radius 1 is 1.31 bits per heavy atom. The quantitative estimate of drug-likeness (QED) is 0.847. The van der Waals surface area contributed by atoms with Gasteiger partial charge in [0.15, 0.2) is 0 Å². The third kappa shape index (κ3) is 1.71. The predicted molar refractivity (Wildman–Crippen MR) is 65.2 cm³/mol. The third-order valence-electron chi connectivity index (χ3n) is 3.24. The number of para-hydroxylation sites is 2. The molecule has 1 aromatic heterocycles. The second-order valence-electron chi connectivity index (χ2n) is 4.61. The van der Waals surface area contributed by atoms with Gasteiger partial charge < -0.3 is 10.3 Å². The maximum Gasteiger partial charge on any atom is 0.111 e. The first-order chi connectivity index (χ1) is 7.88. The maximum absolute atomic E-state index is 5.64. The Morgan fingerprint density at radius 2 is 2.12 bits per heavy atom. The molecule has 1 aliphatic rings. The molecule has 1 saturated carbocycles. The van der Waals surface area contributed by atoms with Crippen molar-refractivity contribution in [2.45, 2.75) is 25.8 Å². The summed E-state index contributed by atoms with van der Waals surface area (Å²) < 4.78 is 2.36. The van der Waals surface area contributed by atoms with E-state index in [1.807, 2.05) is 6.07 Å². The summed E-state index contributed by atoms with van der Waals surface area (Å²) in [6.07, 6.45) is 3.62. The highest BCUT2D eigenvalue weighted by Crippen LogP contribution is 2.32. The van der Waals surface area contributed by atoms with Crippen molar-refractivity contribution in [3.8, 4) is 0 Å². The topological polar surface area (TPSA) is 43.8 Å². The second kappa shape index (κ2) is 3.91. The molecule has 0 spiro atoms. The van der Waals surface area contributed by atoms with Crippen molar-refractivity contribution >= 4 is 11.0 Å². The monoisotopic (exact) mass is 215 g/mol. The van der Waals surface area contributed by atoms with Gasteiger partial charge in [-0.2, -0.15) is 0 Å². The van der Waals surface area contributed by atoms with Crippen LogP contribution in [-0.4, -0.2) is 16.1 Å². The van der Waals surface area contributed by atoms with E-state index >= 15 is 0 Å². The van der Waals surface area contributed by atoms with Crippen molar-refractivity contribution in [3.05, 3.63) is 30.1 Å². The van der Waals surface area contributed by atoms with Crippen LogP contribution in [0.2, 0.25) is 0 Å². The van der Waals surface area contributed by atoms with Crippen LogP contribution in [0.15, 0.2) is 24.3 Å². The van der Waals surface area contributed by atoms with E-state index in [9.17, 15) is 0 Å². The highest BCUT2D eigenvalue weighted by atomic mass is 15.1. The summed E-state index contributed by atoms with van der Waals surface area (Å²) in [6.45, 7) is 1.80. The average molecular weight is 215 g/mol. The summed E-state index contributed by atoms with van der Waals surface area (Å²) in [5.74, 6) is 2.02. The standard InChI is InChI=1S/C13H17N3/c14-8-7-13-15-11-3-1-2-4-12(11)16(13)9-10-5-6-10/h1-4,10H,5-9,14H2. The van der Waals surface area contributed by atoms with E-state index < -0.39 is 0 Å². The van der Waals surface area contributed by atoms with Crippen LogP contribution in [0.3, 0.4) is 0 Å². The molecule has 0 amide bonds. The Kier molecular flexibility index (Phi) is 2.40. The fourth-order valence-corrected chi connectivity index (χ4v) is 2.21. The number of hydrogen-bond donors (Lipinski definition) is 1. The number of nitrogens with zero attached hydrogens (tertiary/aromatic N) is 2. The van der Waals surface area contributed by atoms with E-state index in [0.29, 0.717) is 6.54 Å². The van der Waals surface area contributed by atoms with E-state index in [1.54, 1.807) is 0 Å². The second-order valence-corrected chi connectivity index (χ2v) is 4.61. The van der Waals surface area contributed by atoms with Gasteiger partial charge >= 0.3 is 0 Å². The molecule has 2 aromatic rings. The van der Waals surface area contributed by atoms with Gasteiger partial charge in [0.05, 0.1) is 11.0 Å². The third-order valence-corrected chi connectivity index (χ3v) is 3.24. The lowest BCUT2D eigenvalue weighted by Crippen LogP contribution is -2.11. The molecule has 1 heterocycles. The van der Waals surface area contributed by atoms with Crippen LogP contribution in [0.4, 0.5) is 0 Å². The summed E-state index contributed by atoms with van der Waals surface area (Å²) in [5, 5.41) is 0. The molecule has 0 saturated heterocycles. The molecule has 0 atom stereocenters. The van der Waals surface area contributed by atoms with Crippen molar-refractivity contribution < 1.29 is 0 Å². The molecule has 1 fully saturated rings. The zero-order chi connectivity index (χ0) is 11.0. The number of fused-ring (bicyclic) bond motifs is 1. The molecule has 16 heavy (non-hydrogen) atoms. The average Bonchev–Trinajstić information content (AvgIpc) is 3.04. The van der Waals surface area contributed by atoms with Crippen LogP contribution in [-0.2, 0) is 13.0 Å². The normalized spacial score (nSPS) is 15.8. The molecule has 3 rings (SSSR count). The van der Waals surface area contributed by atoms with Crippen LogP contribution in [0.25, 0.3) is 11.0 Å². The minimum absolute atomic E-state index is 0.675. The van der Waals surface area contributed by atoms with Gasteiger partial charge in [-0.3, -0.25) is 0 Å². The number of nitrogens with two attached hydrogens (primary N) is 1. The predicted octanol–water partition coefficient (Wildman–Crippen LogP) is 1.95. The van der Waals surface area contributed by atoms with Crippen LogP contribution in [0, 0.1) is 5.92 Å². The lowest BCUT2D eigenvalue weighted by molar-refractivity contribution is 0.609. The summed E-state index contributed by atoms with van der Waals surface area (Å²) in [6, 6.07) is 8.37. The van der Waals surface area contributed by atoms with Gasteiger partial charge in [-0.05, 0) is 37.4 Å². The first kappa shape index (κ1) is 9.85. The van der Waals surface area contributed by atoms with Crippen LogP contribution in [0.1, 0.15) is 18.7 Å². The Bertz CT molecular complexity index is 497. The molecule has 0 aliphatic heterocycles.